The number of nitrogen functional groups attached to an aromatic ring is 1. The van der Waals surface area contributed by atoms with Crippen LogP contribution in [0.1, 0.15) is 24.2 Å². The van der Waals surface area contributed by atoms with Gasteiger partial charge in [-0.2, -0.15) is 0 Å². The lowest BCUT2D eigenvalue weighted by Crippen LogP contribution is -2.27. The summed E-state index contributed by atoms with van der Waals surface area (Å²) in [6.45, 7) is 7.20. The van der Waals surface area contributed by atoms with E-state index in [1.807, 2.05) is 0 Å². The number of fused-ring (bicyclic) bond motifs is 1. The van der Waals surface area contributed by atoms with Gasteiger partial charge in [-0.1, -0.05) is 13.8 Å². The Bertz CT molecular complexity index is 456. The third kappa shape index (κ3) is 2.56. The summed E-state index contributed by atoms with van der Waals surface area (Å²) >= 11 is 0. The van der Waals surface area contributed by atoms with Crippen LogP contribution in [0.15, 0.2) is 12.1 Å². The summed E-state index contributed by atoms with van der Waals surface area (Å²) in [4.78, 5) is 14.0. The van der Waals surface area contributed by atoms with Crippen molar-refractivity contribution in [2.45, 2.75) is 13.8 Å². The Balaban J connectivity index is 1.86. The molecule has 0 saturated carbocycles. The number of nitrogens with zero attached hydrogens (tertiary/aromatic N) is 1. The van der Waals surface area contributed by atoms with Gasteiger partial charge >= 0.3 is 5.97 Å². The van der Waals surface area contributed by atoms with E-state index in [0.29, 0.717) is 29.4 Å². The van der Waals surface area contributed by atoms with Crippen LogP contribution < -0.4 is 10.5 Å². The number of likely N-dealkylation sites (N-methyl/N-ethyl adjacent to an activating group) is 1. The molecule has 5 heteroatoms. The van der Waals surface area contributed by atoms with Gasteiger partial charge in [0.15, 0.2) is 11.5 Å². The second-order valence-corrected chi connectivity index (χ2v) is 4.13. The number of carbonyl (C=O) groups is 1. The minimum Gasteiger partial charge on any atom is -0.461 e. The molecule has 0 spiro atoms. The number of nitrogens with two attached hydrogens (primary N) is 1. The number of anilines is 1. The minimum atomic E-state index is -0.351. The second kappa shape index (κ2) is 5.27. The Kier molecular flexibility index (Phi) is 3.72. The average Bonchev–Trinajstić information content (AvgIpc) is 3.16. The van der Waals surface area contributed by atoms with Crippen LogP contribution in [0.5, 0.6) is 11.5 Å². The predicted molar refractivity (Wildman–Crippen MR) is 69.0 cm³/mol. The normalized spacial score (nSPS) is 11.9. The van der Waals surface area contributed by atoms with Gasteiger partial charge in [-0.05, 0) is 25.2 Å². The van der Waals surface area contributed by atoms with Gasteiger partial charge in [0.2, 0.25) is 0 Å². The Morgan fingerprint density at radius 2 is 2.06 bits per heavy atom. The molecule has 0 bridgehead atoms. The fraction of sp³-hybridized carbons (Fsp3) is 0.462. The second-order valence-electron chi connectivity index (χ2n) is 4.13. The first-order valence-electron chi connectivity index (χ1n) is 6.17. The quantitative estimate of drug-likeness (QED) is 0.481. The highest BCUT2D eigenvalue weighted by molar-refractivity contribution is 5.97. The van der Waals surface area contributed by atoms with Crippen LogP contribution in [-0.2, 0) is 4.74 Å². The average molecular weight is 250 g/mol. The first-order chi connectivity index (χ1) is 8.67. The summed E-state index contributed by atoms with van der Waals surface area (Å²) in [5.41, 5.74) is 6.65. The highest BCUT2D eigenvalue weighted by atomic mass is 16.6. The molecule has 2 rings (SSSR count). The van der Waals surface area contributed by atoms with Crippen molar-refractivity contribution >= 4 is 11.7 Å². The molecule has 5 nitrogen and oxygen atoms in total. The SMILES string of the molecule is CCN(CC)CCOC(=O)c1ccc(N)c2c1O2. The Morgan fingerprint density at radius 1 is 1.33 bits per heavy atom. The topological polar surface area (TPSA) is 68.1 Å². The van der Waals surface area contributed by atoms with Gasteiger partial charge in [0.25, 0.3) is 0 Å². The molecule has 0 amide bonds. The van der Waals surface area contributed by atoms with E-state index in [1.165, 1.54) is 0 Å². The van der Waals surface area contributed by atoms with Crippen molar-refractivity contribution in [2.24, 2.45) is 0 Å². The summed E-state index contributed by atoms with van der Waals surface area (Å²) in [5, 5.41) is 0. The molecule has 0 saturated heterocycles. The van der Waals surface area contributed by atoms with Gasteiger partial charge in [0, 0.05) is 6.54 Å². The van der Waals surface area contributed by atoms with E-state index in [4.69, 9.17) is 15.2 Å². The van der Waals surface area contributed by atoms with Crippen molar-refractivity contribution in [3.63, 3.8) is 0 Å². The van der Waals surface area contributed by atoms with Gasteiger partial charge in [0.1, 0.15) is 12.2 Å². The third-order valence-electron chi connectivity index (χ3n) is 3.06. The van der Waals surface area contributed by atoms with Gasteiger partial charge in [-0.3, -0.25) is 0 Å². The highest BCUT2D eigenvalue weighted by Crippen LogP contribution is 2.52. The minimum absolute atomic E-state index is 0.351. The molecule has 1 heterocycles. The van der Waals surface area contributed by atoms with Crippen molar-refractivity contribution in [3.8, 4) is 11.5 Å². The van der Waals surface area contributed by atoms with Crippen molar-refractivity contribution in [2.75, 3.05) is 32.0 Å². The Labute approximate surface area is 106 Å². The number of esters is 1. The fourth-order valence-corrected chi connectivity index (χ4v) is 1.81. The third-order valence-corrected chi connectivity index (χ3v) is 3.06. The maximum atomic E-state index is 11.8. The Hall–Kier alpha value is -1.75. The van der Waals surface area contributed by atoms with Crippen molar-refractivity contribution in [1.29, 1.82) is 0 Å². The zero-order valence-corrected chi connectivity index (χ0v) is 10.7. The molecular weight excluding hydrogens is 232 g/mol. The molecule has 18 heavy (non-hydrogen) atoms. The number of ether oxygens (including phenoxy) is 2. The number of carbonyl (C=O) groups excluding carboxylic acids is 1. The molecule has 0 unspecified atom stereocenters. The monoisotopic (exact) mass is 250 g/mol. The predicted octanol–water partition coefficient (Wildman–Crippen LogP) is 1.87. The first kappa shape index (κ1) is 12.7. The van der Waals surface area contributed by atoms with Crippen LogP contribution in [0, 0.1) is 0 Å². The molecule has 0 fully saturated rings. The van der Waals surface area contributed by atoms with Gasteiger partial charge in [-0.15, -0.1) is 0 Å². The molecule has 2 N–H and O–H groups in total. The molecule has 0 aliphatic carbocycles. The lowest BCUT2D eigenvalue weighted by Gasteiger charge is -2.17. The largest absolute Gasteiger partial charge is 0.461 e. The standard InChI is InChI=1S/C13H18N2O3/c1-3-15(4-2)7-8-17-13(16)9-5-6-10(14)12-11(9)18-12/h5-6H,3-4,7-8,14H2,1-2H3. The van der Waals surface area contributed by atoms with Crippen LogP contribution in [0.4, 0.5) is 5.69 Å². The van der Waals surface area contributed by atoms with E-state index < -0.39 is 0 Å². The smallest absolute Gasteiger partial charge is 0.342 e. The number of benzene rings is 1. The lowest BCUT2D eigenvalue weighted by atomic mass is 10.2. The van der Waals surface area contributed by atoms with Crippen molar-refractivity contribution in [1.82, 2.24) is 4.90 Å². The fourth-order valence-electron chi connectivity index (χ4n) is 1.81. The van der Waals surface area contributed by atoms with Crippen LogP contribution in [0.25, 0.3) is 0 Å². The van der Waals surface area contributed by atoms with Gasteiger partial charge in [-0.25, -0.2) is 4.79 Å². The van der Waals surface area contributed by atoms with Crippen molar-refractivity contribution < 1.29 is 14.3 Å². The molecule has 1 aromatic carbocycles. The van der Waals surface area contributed by atoms with E-state index in [2.05, 4.69) is 18.7 Å². The van der Waals surface area contributed by atoms with E-state index in [-0.39, 0.29) is 5.97 Å². The number of hydrogen-bond acceptors (Lipinski definition) is 5. The summed E-state index contributed by atoms with van der Waals surface area (Å²) in [5.74, 6) is 0.812. The molecule has 0 atom stereocenters. The molecule has 0 aromatic heterocycles. The van der Waals surface area contributed by atoms with Crippen LogP contribution in [0.2, 0.25) is 0 Å². The molecule has 98 valence electrons. The molecule has 1 aliphatic heterocycles. The maximum Gasteiger partial charge on any atom is 0.342 e. The van der Waals surface area contributed by atoms with Crippen LogP contribution >= 0.6 is 0 Å². The van der Waals surface area contributed by atoms with E-state index in [9.17, 15) is 4.79 Å². The maximum absolute atomic E-state index is 11.8. The molecule has 0 radical (unpaired) electrons. The molecular formula is C13H18N2O3. The zero-order chi connectivity index (χ0) is 13.1. The van der Waals surface area contributed by atoms with Crippen molar-refractivity contribution in [3.05, 3.63) is 17.7 Å². The zero-order valence-electron chi connectivity index (χ0n) is 10.7. The summed E-state index contributed by atoms with van der Waals surface area (Å²) < 4.78 is 10.4. The van der Waals surface area contributed by atoms with Crippen LogP contribution in [0.3, 0.4) is 0 Å². The van der Waals surface area contributed by atoms with E-state index in [1.54, 1.807) is 12.1 Å². The number of hydrogen-bond donors (Lipinski definition) is 1. The summed E-state index contributed by atoms with van der Waals surface area (Å²) in [6.07, 6.45) is 0. The number of rotatable bonds is 6. The molecule has 1 aromatic rings. The summed E-state index contributed by atoms with van der Waals surface area (Å²) in [6, 6.07) is 3.30. The molecule has 1 aliphatic rings. The lowest BCUT2D eigenvalue weighted by molar-refractivity contribution is 0.0466. The van der Waals surface area contributed by atoms with Gasteiger partial charge in [0.05, 0.1) is 5.69 Å². The van der Waals surface area contributed by atoms with E-state index in [0.717, 1.165) is 19.6 Å². The van der Waals surface area contributed by atoms with Gasteiger partial charge < -0.3 is 20.1 Å². The highest BCUT2D eigenvalue weighted by Gasteiger charge is 2.31. The van der Waals surface area contributed by atoms with E-state index >= 15 is 0 Å². The Morgan fingerprint density at radius 3 is 2.72 bits per heavy atom. The summed E-state index contributed by atoms with van der Waals surface area (Å²) in [7, 11) is 0. The first-order valence-corrected chi connectivity index (χ1v) is 6.17. The van der Waals surface area contributed by atoms with Crippen LogP contribution in [-0.4, -0.2) is 37.1 Å².